The number of amides is 1. The van der Waals surface area contributed by atoms with Gasteiger partial charge >= 0.3 is 24.0 Å². The van der Waals surface area contributed by atoms with E-state index in [4.69, 9.17) is 47.2 Å². The minimum absolute atomic E-state index is 0.218. The minimum Gasteiger partial charge on any atom is -0.477 e. The summed E-state index contributed by atoms with van der Waals surface area (Å²) in [5.41, 5.74) is 32.6. The van der Waals surface area contributed by atoms with E-state index in [9.17, 15) is 24.3 Å². The second-order valence-corrected chi connectivity index (χ2v) is 36.2. The zero-order valence-corrected chi connectivity index (χ0v) is 78.4. The number of hydrogen-bond acceptors (Lipinski definition) is 20. The molecule has 4 aliphatic rings. The Bertz CT molecular complexity index is 6540. The number of aryl methyl sites for hydroxylation is 3. The topological polar surface area (TPSA) is 297 Å². The van der Waals surface area contributed by atoms with E-state index in [1.165, 1.54) is 130 Å². The van der Waals surface area contributed by atoms with E-state index in [0.29, 0.717) is 49.3 Å². The lowest BCUT2D eigenvalue weighted by Gasteiger charge is -2.32. The van der Waals surface area contributed by atoms with E-state index < -0.39 is 11.6 Å². The third kappa shape index (κ3) is 24.5. The lowest BCUT2D eigenvalue weighted by molar-refractivity contribution is 0.0206. The molecule has 0 saturated carbocycles. The van der Waals surface area contributed by atoms with E-state index in [-0.39, 0.29) is 29.8 Å². The molecule has 13 heterocycles. The maximum Gasteiger partial charge on any atom is 0.410 e. The number of carboxylic acid groups (broad SMARTS) is 1. The molecule has 4 fully saturated rings. The van der Waals surface area contributed by atoms with Crippen molar-refractivity contribution in [1.82, 2.24) is 63.2 Å². The molecule has 133 heavy (non-hydrogen) atoms. The fourth-order valence-electron chi connectivity index (χ4n) is 17.7. The smallest absolute Gasteiger partial charge is 0.410 e. The number of nitrogens with two attached hydrogens (primary N) is 2. The van der Waals surface area contributed by atoms with Crippen LogP contribution in [0.25, 0.3) is 99.2 Å². The Morgan fingerprint density at radius 3 is 1.15 bits per heavy atom. The van der Waals surface area contributed by atoms with Gasteiger partial charge in [-0.15, -0.1) is 0 Å². The number of benzene rings is 6. The average molecular weight is 1810 g/mol. The number of ether oxygens (including phenoxy) is 3. The molecule has 4 aliphatic heterocycles. The van der Waals surface area contributed by atoms with Crippen LogP contribution >= 0.6 is 11.6 Å². The van der Waals surface area contributed by atoms with Crippen LogP contribution in [-0.4, -0.2) is 170 Å². The molecule has 0 aliphatic carbocycles. The number of carbonyl (C=O) groups excluding carboxylic acids is 3. The molecule has 4 saturated heterocycles. The van der Waals surface area contributed by atoms with Crippen LogP contribution in [0.5, 0.6) is 0 Å². The Morgan fingerprint density at radius 2 is 0.782 bits per heavy atom. The zero-order chi connectivity index (χ0) is 93.1. The number of aromatic nitrogens is 9. The Labute approximate surface area is 782 Å². The predicted molar refractivity (Wildman–Crippen MR) is 533 cm³/mol. The molecule has 0 bridgehead atoms. The number of rotatable bonds is 21. The minimum atomic E-state index is -0.937. The lowest BCUT2D eigenvalue weighted by Crippen LogP contribution is -2.44. The number of nitrogens with one attached hydrogen (secondary N) is 2. The number of likely N-dealkylation sites (tertiary alicyclic amines) is 4. The highest BCUT2D eigenvalue weighted by Crippen LogP contribution is 2.36. The van der Waals surface area contributed by atoms with Crippen LogP contribution in [0.15, 0.2) is 219 Å². The van der Waals surface area contributed by atoms with E-state index in [0.717, 1.165) is 156 Å². The van der Waals surface area contributed by atoms with E-state index in [1.54, 1.807) is 54.3 Å². The van der Waals surface area contributed by atoms with Gasteiger partial charge in [0.25, 0.3) is 0 Å². The van der Waals surface area contributed by atoms with Gasteiger partial charge in [-0.1, -0.05) is 122 Å². The number of halogens is 1. The molecule has 690 valence electrons. The van der Waals surface area contributed by atoms with Crippen molar-refractivity contribution in [3.05, 3.63) is 275 Å². The van der Waals surface area contributed by atoms with Crippen LogP contribution in [0.1, 0.15) is 170 Å². The SMILES string of the molecule is CC(C)(C)OC(=O)N1CCC(N)CC1.CCOC(=O)c1cc2cc(-c3cc(Cl)c4cnccc4n3)ccc2n1C.CCOC(=O)c1cc2cc(-c3cc(NCc4ccc(CN5CCCCC5)cc4)c4cnccc4n3)ccc2n1C.Cn1c(C(=O)O)cc2cc(-c3cc(NCc4ccc(CN5CCCCC5)cc4)c4cnccc4n3)ccc21.NCc1ccc(CN2CCCCC2)cc1. The lowest BCUT2D eigenvalue weighted by atomic mass is 10.1. The summed E-state index contributed by atoms with van der Waals surface area (Å²) < 4.78 is 21.0. The summed E-state index contributed by atoms with van der Waals surface area (Å²) in [6, 6.07) is 61.9. The van der Waals surface area contributed by atoms with Gasteiger partial charge in [-0.3, -0.25) is 29.7 Å². The molecule has 1 amide bonds. The number of piperidine rings is 4. The predicted octanol–water partition coefficient (Wildman–Crippen LogP) is 20.7. The highest BCUT2D eigenvalue weighted by Gasteiger charge is 2.27. The maximum atomic E-state index is 12.4. The van der Waals surface area contributed by atoms with Crippen LogP contribution in [-0.2, 0) is 74.6 Å². The fourth-order valence-corrected chi connectivity index (χ4v) is 17.9. The number of aromatic carboxylic acids is 1. The number of hydrogen-bond donors (Lipinski definition) is 5. The Kier molecular flexibility index (Phi) is 31.6. The van der Waals surface area contributed by atoms with Crippen LogP contribution in [0.2, 0.25) is 5.02 Å². The first-order valence-corrected chi connectivity index (χ1v) is 47.0. The van der Waals surface area contributed by atoms with Gasteiger partial charge in [-0.2, -0.15) is 0 Å². The second kappa shape index (κ2) is 44.5. The molecule has 26 heteroatoms. The van der Waals surface area contributed by atoms with Crippen molar-refractivity contribution in [2.45, 2.75) is 156 Å². The molecular formula is C107H122ClN17O8. The van der Waals surface area contributed by atoms with Gasteiger partial charge in [-0.25, -0.2) is 34.1 Å². The summed E-state index contributed by atoms with van der Waals surface area (Å²) >= 11 is 6.39. The molecule has 0 spiro atoms. The highest BCUT2D eigenvalue weighted by atomic mass is 35.5. The van der Waals surface area contributed by atoms with E-state index in [2.05, 4.69) is 142 Å². The van der Waals surface area contributed by atoms with Gasteiger partial charge in [0.2, 0.25) is 0 Å². The van der Waals surface area contributed by atoms with Crippen LogP contribution in [0.4, 0.5) is 16.2 Å². The quantitative estimate of drug-likeness (QED) is 0.0330. The number of anilines is 2. The average Bonchev–Trinajstić information content (AvgIpc) is 1.70. The van der Waals surface area contributed by atoms with Crippen LogP contribution in [0, 0.1) is 0 Å². The molecule has 0 atom stereocenters. The van der Waals surface area contributed by atoms with Crippen molar-refractivity contribution in [2.24, 2.45) is 32.6 Å². The van der Waals surface area contributed by atoms with Gasteiger partial charge < -0.3 is 60.0 Å². The number of carboxylic acids is 1. The van der Waals surface area contributed by atoms with Gasteiger partial charge in [0, 0.05) is 194 Å². The number of carbonyl (C=O) groups is 4. The second-order valence-electron chi connectivity index (χ2n) is 35.8. The molecule has 6 aromatic carbocycles. The summed E-state index contributed by atoms with van der Waals surface area (Å²) in [6.07, 6.45) is 24.3. The number of nitrogens with zero attached hydrogens (tertiary/aromatic N) is 13. The molecular weight excluding hydrogens is 1690 g/mol. The summed E-state index contributed by atoms with van der Waals surface area (Å²) in [4.78, 5) is 84.3. The largest absolute Gasteiger partial charge is 0.477 e. The molecule has 0 unspecified atom stereocenters. The normalized spacial score (nSPS) is 14.6. The van der Waals surface area contributed by atoms with E-state index in [1.807, 2.05) is 142 Å². The summed E-state index contributed by atoms with van der Waals surface area (Å²) in [6.45, 7) is 23.9. The monoisotopic (exact) mass is 1810 g/mol. The highest BCUT2D eigenvalue weighted by molar-refractivity contribution is 6.35. The maximum absolute atomic E-state index is 12.4. The Balaban J connectivity index is 0.000000134. The third-order valence-corrected chi connectivity index (χ3v) is 25.3. The van der Waals surface area contributed by atoms with Crippen molar-refractivity contribution < 1.29 is 38.5 Å². The van der Waals surface area contributed by atoms with Crippen molar-refractivity contribution >= 4 is 112 Å². The molecule has 15 aromatic rings. The first kappa shape index (κ1) is 94.6. The standard InChI is InChI=1S/C33H35N5O2.C31H31N5O2.C20H16ClN3O2.C13H20N2.C10H20N2O2/c1-3-40-33(39)32-18-26-17-25(11-12-31(26)37(32)2)29-19-30(27-21-34-14-13-28(27)36-29)35-20-23-7-9-24(10-8-23)22-38-15-5-4-6-16-38;1-35-29-10-9-23(15-24(29)16-30(35)31(37)38)27-17-28(25-19-32-12-11-26(25)34-27)33-18-21-5-7-22(8-6-21)20-36-13-3-2-4-14-36;1-3-26-20(25)19-9-13-8-12(4-5-18(13)24(19)2)17-10-15(21)14-11-22-7-6-16(14)23-17;14-10-12-4-6-13(7-5-12)11-15-8-2-1-3-9-15;1-10(2,3)14-9(13)12-6-4-8(11)5-7-12/h7-14,17-19,21H,3-6,15-16,20,22H2,1-2H3,(H,35,36);5-12,15-17,19H,2-4,13-14,18,20H2,1H3,(H,33,34)(H,37,38);4-11H,3H2,1-2H3;4-7H,1-3,8-11,14H2;8H,4-7,11H2,1-3H3. The van der Waals surface area contributed by atoms with Crippen LogP contribution in [0.3, 0.4) is 0 Å². The summed E-state index contributed by atoms with van der Waals surface area (Å²) in [7, 11) is 5.51. The van der Waals surface area contributed by atoms with Gasteiger partial charge in [0.15, 0.2) is 0 Å². The molecule has 19 rings (SSSR count). The molecule has 0 radical (unpaired) electrons. The zero-order valence-electron chi connectivity index (χ0n) is 77.6. The Morgan fingerprint density at radius 1 is 0.436 bits per heavy atom. The van der Waals surface area contributed by atoms with Crippen molar-refractivity contribution in [1.29, 1.82) is 0 Å². The summed E-state index contributed by atoms with van der Waals surface area (Å²) in [5.74, 6) is -1.58. The summed E-state index contributed by atoms with van der Waals surface area (Å²) in [5, 5.41) is 22.9. The van der Waals surface area contributed by atoms with Crippen molar-refractivity contribution in [3.63, 3.8) is 0 Å². The van der Waals surface area contributed by atoms with Crippen LogP contribution < -0.4 is 22.1 Å². The van der Waals surface area contributed by atoms with Gasteiger partial charge in [0.1, 0.15) is 22.7 Å². The fraction of sp³-hybridized carbons (Fsp3) is 0.346. The first-order valence-electron chi connectivity index (χ1n) is 46.6. The first-order chi connectivity index (χ1) is 64.5. The number of pyridine rings is 6. The number of fused-ring (bicyclic) bond motifs is 6. The van der Waals surface area contributed by atoms with Gasteiger partial charge in [-0.05, 0) is 250 Å². The third-order valence-electron chi connectivity index (χ3n) is 25.0. The van der Waals surface area contributed by atoms with Crippen molar-refractivity contribution in [2.75, 3.05) is 76.2 Å². The molecule has 7 N–H and O–H groups in total. The van der Waals surface area contributed by atoms with Crippen molar-refractivity contribution in [3.8, 4) is 33.8 Å². The van der Waals surface area contributed by atoms with Gasteiger partial charge in [0.05, 0.1) is 51.9 Å². The Hall–Kier alpha value is -13.0. The number of esters is 2. The molecule has 9 aromatic heterocycles. The van der Waals surface area contributed by atoms with E-state index >= 15 is 0 Å². The molecule has 25 nitrogen and oxygen atoms in total.